The van der Waals surface area contributed by atoms with Crippen molar-refractivity contribution in [2.75, 3.05) is 5.32 Å². The second kappa shape index (κ2) is 5.26. The van der Waals surface area contributed by atoms with E-state index in [1.165, 1.54) is 6.07 Å². The number of nitro groups is 1. The fourth-order valence-electron chi connectivity index (χ4n) is 1.59. The Balaban J connectivity index is 2.19. The molecule has 0 atom stereocenters. The number of hydrogen-bond acceptors (Lipinski definition) is 4. The molecule has 1 heterocycles. The number of aromatic nitrogens is 1. The van der Waals surface area contributed by atoms with E-state index in [0.29, 0.717) is 11.1 Å². The van der Waals surface area contributed by atoms with Crippen LogP contribution in [0.15, 0.2) is 42.6 Å². The lowest BCUT2D eigenvalue weighted by molar-refractivity contribution is -0.385. The maximum atomic E-state index is 11.9. The van der Waals surface area contributed by atoms with Gasteiger partial charge < -0.3 is 5.32 Å². The second-order valence-corrected chi connectivity index (χ2v) is 3.93. The van der Waals surface area contributed by atoms with Gasteiger partial charge in [-0.25, -0.2) is 4.98 Å². The molecule has 0 saturated heterocycles. The zero-order valence-electron chi connectivity index (χ0n) is 10.2. The summed E-state index contributed by atoms with van der Waals surface area (Å²) in [5.41, 5.74) is 0.876. The Morgan fingerprint density at radius 3 is 2.58 bits per heavy atom. The van der Waals surface area contributed by atoms with Gasteiger partial charge in [0.1, 0.15) is 12.0 Å². The lowest BCUT2D eigenvalue weighted by Crippen LogP contribution is -2.13. The minimum atomic E-state index is -0.509. The lowest BCUT2D eigenvalue weighted by Gasteiger charge is -2.05. The van der Waals surface area contributed by atoms with E-state index in [0.717, 1.165) is 6.20 Å². The van der Waals surface area contributed by atoms with Gasteiger partial charge in [-0.05, 0) is 25.1 Å². The minimum absolute atomic E-state index is 0.0716. The number of hydrogen-bond donors (Lipinski definition) is 1. The second-order valence-electron chi connectivity index (χ2n) is 3.93. The first-order valence-corrected chi connectivity index (χ1v) is 5.55. The highest BCUT2D eigenvalue weighted by atomic mass is 16.6. The van der Waals surface area contributed by atoms with E-state index >= 15 is 0 Å². The van der Waals surface area contributed by atoms with E-state index in [1.807, 2.05) is 6.07 Å². The molecule has 0 radical (unpaired) electrons. The number of anilines is 1. The highest BCUT2D eigenvalue weighted by Crippen LogP contribution is 2.19. The summed E-state index contributed by atoms with van der Waals surface area (Å²) in [6, 6.07) is 10.1. The molecular formula is C13H11N3O3. The Morgan fingerprint density at radius 2 is 2.00 bits per heavy atom. The van der Waals surface area contributed by atoms with Gasteiger partial charge in [0.25, 0.3) is 11.6 Å². The van der Waals surface area contributed by atoms with Crippen molar-refractivity contribution in [3.05, 3.63) is 63.8 Å². The minimum Gasteiger partial charge on any atom is -0.307 e. The van der Waals surface area contributed by atoms with Gasteiger partial charge in [-0.15, -0.1) is 0 Å². The smallest absolute Gasteiger partial charge is 0.290 e. The molecule has 0 bridgehead atoms. The molecule has 0 aliphatic heterocycles. The Morgan fingerprint density at radius 1 is 1.32 bits per heavy atom. The molecule has 0 saturated carbocycles. The summed E-state index contributed by atoms with van der Waals surface area (Å²) < 4.78 is 0. The summed E-state index contributed by atoms with van der Waals surface area (Å²) in [6.07, 6.45) is 1.13. The van der Waals surface area contributed by atoms with Crippen LogP contribution < -0.4 is 5.32 Å². The molecule has 1 N–H and O–H groups in total. The lowest BCUT2D eigenvalue weighted by atomic mass is 10.2. The van der Waals surface area contributed by atoms with Crippen molar-refractivity contribution in [3.8, 4) is 0 Å². The fourth-order valence-corrected chi connectivity index (χ4v) is 1.59. The van der Waals surface area contributed by atoms with Gasteiger partial charge in [0, 0.05) is 11.1 Å². The van der Waals surface area contributed by atoms with Crippen LogP contribution in [-0.4, -0.2) is 15.8 Å². The normalized spacial score (nSPS) is 9.95. The van der Waals surface area contributed by atoms with E-state index in [1.54, 1.807) is 31.2 Å². The Labute approximate surface area is 109 Å². The van der Waals surface area contributed by atoms with Gasteiger partial charge in [-0.3, -0.25) is 14.9 Å². The number of benzene rings is 1. The molecule has 0 fully saturated rings. The number of aryl methyl sites for hydroxylation is 1. The van der Waals surface area contributed by atoms with Crippen molar-refractivity contribution >= 4 is 17.4 Å². The molecule has 1 aromatic heterocycles. The first-order valence-electron chi connectivity index (χ1n) is 5.55. The van der Waals surface area contributed by atoms with Crippen molar-refractivity contribution in [1.82, 2.24) is 4.98 Å². The number of rotatable bonds is 3. The summed E-state index contributed by atoms with van der Waals surface area (Å²) in [6.45, 7) is 1.60. The topological polar surface area (TPSA) is 85.1 Å². The molecule has 96 valence electrons. The van der Waals surface area contributed by atoms with E-state index in [2.05, 4.69) is 10.3 Å². The maximum absolute atomic E-state index is 11.9. The predicted octanol–water partition coefficient (Wildman–Crippen LogP) is 2.55. The van der Waals surface area contributed by atoms with Gasteiger partial charge in [0.05, 0.1) is 4.92 Å². The molecule has 0 aliphatic carbocycles. The van der Waals surface area contributed by atoms with Gasteiger partial charge in [0.2, 0.25) is 0 Å². The maximum Gasteiger partial charge on any atom is 0.290 e. The third-order valence-corrected chi connectivity index (χ3v) is 2.56. The third kappa shape index (κ3) is 2.92. The Bertz CT molecular complexity index is 626. The van der Waals surface area contributed by atoms with Gasteiger partial charge in [0.15, 0.2) is 0 Å². The summed E-state index contributed by atoms with van der Waals surface area (Å²) >= 11 is 0. The fraction of sp³-hybridized carbons (Fsp3) is 0.0769. The first kappa shape index (κ1) is 12.7. The van der Waals surface area contributed by atoms with Crippen molar-refractivity contribution in [2.24, 2.45) is 0 Å². The van der Waals surface area contributed by atoms with Crippen molar-refractivity contribution in [2.45, 2.75) is 6.92 Å². The van der Waals surface area contributed by atoms with Crippen molar-refractivity contribution in [3.63, 3.8) is 0 Å². The highest BCUT2D eigenvalue weighted by Gasteiger charge is 2.13. The van der Waals surface area contributed by atoms with Crippen LogP contribution in [0.25, 0.3) is 0 Å². The van der Waals surface area contributed by atoms with E-state index in [-0.39, 0.29) is 17.4 Å². The van der Waals surface area contributed by atoms with Crippen LogP contribution in [0.5, 0.6) is 0 Å². The number of amides is 1. The molecule has 0 aliphatic rings. The molecule has 2 rings (SSSR count). The third-order valence-electron chi connectivity index (χ3n) is 2.56. The van der Waals surface area contributed by atoms with Crippen LogP contribution in [0.3, 0.4) is 0 Å². The van der Waals surface area contributed by atoms with Crippen LogP contribution in [0.4, 0.5) is 11.5 Å². The van der Waals surface area contributed by atoms with E-state index < -0.39 is 4.92 Å². The first-order chi connectivity index (χ1) is 9.08. The molecular weight excluding hydrogens is 246 g/mol. The monoisotopic (exact) mass is 257 g/mol. The standard InChI is InChI=1S/C13H11N3O3/c1-9-7-12(14-8-11(9)16(18)19)15-13(17)10-5-3-2-4-6-10/h2-8H,1H3,(H,14,15,17). The molecule has 0 unspecified atom stereocenters. The van der Waals surface area contributed by atoms with Crippen molar-refractivity contribution in [1.29, 1.82) is 0 Å². The van der Waals surface area contributed by atoms with E-state index in [4.69, 9.17) is 0 Å². The summed E-state index contributed by atoms with van der Waals surface area (Å²) in [7, 11) is 0. The van der Waals surface area contributed by atoms with E-state index in [9.17, 15) is 14.9 Å². The van der Waals surface area contributed by atoms with Crippen LogP contribution in [-0.2, 0) is 0 Å². The van der Waals surface area contributed by atoms with Gasteiger partial charge in [-0.1, -0.05) is 18.2 Å². The van der Waals surface area contributed by atoms with Crippen LogP contribution in [0.1, 0.15) is 15.9 Å². The molecule has 6 heteroatoms. The predicted molar refractivity (Wildman–Crippen MR) is 70.0 cm³/mol. The zero-order chi connectivity index (χ0) is 13.8. The molecule has 2 aromatic rings. The molecule has 0 spiro atoms. The Kier molecular flexibility index (Phi) is 3.51. The number of carbonyl (C=O) groups excluding carboxylic acids is 1. The van der Waals surface area contributed by atoms with Gasteiger partial charge in [-0.2, -0.15) is 0 Å². The quantitative estimate of drug-likeness (QED) is 0.676. The SMILES string of the molecule is Cc1cc(NC(=O)c2ccccc2)ncc1[N+](=O)[O-]. The molecule has 19 heavy (non-hydrogen) atoms. The molecule has 1 amide bonds. The number of nitrogens with one attached hydrogen (secondary N) is 1. The van der Waals surface area contributed by atoms with Crippen LogP contribution in [0.2, 0.25) is 0 Å². The largest absolute Gasteiger partial charge is 0.307 e. The number of pyridine rings is 1. The molecule has 6 nitrogen and oxygen atoms in total. The summed E-state index contributed by atoms with van der Waals surface area (Å²) in [4.78, 5) is 25.9. The Hall–Kier alpha value is -2.76. The average Bonchev–Trinajstić information content (AvgIpc) is 2.39. The highest BCUT2D eigenvalue weighted by molar-refractivity contribution is 6.03. The zero-order valence-corrected chi connectivity index (χ0v) is 10.2. The van der Waals surface area contributed by atoms with Crippen molar-refractivity contribution < 1.29 is 9.72 Å². The number of nitrogens with zero attached hydrogens (tertiary/aromatic N) is 2. The van der Waals surface area contributed by atoms with Gasteiger partial charge >= 0.3 is 0 Å². The van der Waals surface area contributed by atoms with Crippen LogP contribution in [0, 0.1) is 17.0 Å². The van der Waals surface area contributed by atoms with Crippen LogP contribution >= 0.6 is 0 Å². The average molecular weight is 257 g/mol. The molecule has 1 aromatic carbocycles. The summed E-state index contributed by atoms with van der Waals surface area (Å²) in [5.74, 6) is -0.0155. The number of carbonyl (C=O) groups is 1. The summed E-state index contributed by atoms with van der Waals surface area (Å²) in [5, 5.41) is 13.2.